The van der Waals surface area contributed by atoms with Crippen molar-refractivity contribution in [2.75, 3.05) is 33.3 Å². The van der Waals surface area contributed by atoms with Crippen molar-refractivity contribution >= 4 is 28.9 Å². The molecule has 152 valence electrons. The number of hydrogen-bond acceptors (Lipinski definition) is 8. The van der Waals surface area contributed by atoms with Crippen molar-refractivity contribution in [2.45, 2.75) is 12.6 Å². The SMILES string of the molecule is COC(=O)[C@H](c1ccccc1Cl)N1CCN(Cc2nc(-c3cccs3)no2)CC1. The zero-order valence-electron chi connectivity index (χ0n) is 16.0. The maximum absolute atomic E-state index is 12.5. The molecular weight excluding hydrogens is 412 g/mol. The summed E-state index contributed by atoms with van der Waals surface area (Å²) < 4.78 is 10.5. The number of thiophene rings is 1. The van der Waals surface area contributed by atoms with Gasteiger partial charge in [-0.05, 0) is 23.1 Å². The van der Waals surface area contributed by atoms with Gasteiger partial charge in [-0.3, -0.25) is 9.80 Å². The summed E-state index contributed by atoms with van der Waals surface area (Å²) in [6.07, 6.45) is 0. The number of benzene rings is 1. The summed E-state index contributed by atoms with van der Waals surface area (Å²) in [7, 11) is 1.41. The second kappa shape index (κ2) is 9.04. The van der Waals surface area contributed by atoms with E-state index in [1.165, 1.54) is 7.11 Å². The highest BCUT2D eigenvalue weighted by atomic mass is 35.5. The van der Waals surface area contributed by atoms with Crippen LogP contribution >= 0.6 is 22.9 Å². The maximum Gasteiger partial charge on any atom is 0.327 e. The fourth-order valence-corrected chi connectivity index (χ4v) is 4.37. The lowest BCUT2D eigenvalue weighted by Crippen LogP contribution is -2.49. The molecule has 0 amide bonds. The molecule has 29 heavy (non-hydrogen) atoms. The first kappa shape index (κ1) is 20.0. The Bertz CT molecular complexity index is 954. The predicted molar refractivity (Wildman–Crippen MR) is 111 cm³/mol. The van der Waals surface area contributed by atoms with Crippen LogP contribution in [-0.4, -0.2) is 59.2 Å². The second-order valence-electron chi connectivity index (χ2n) is 6.75. The number of aromatic nitrogens is 2. The zero-order chi connectivity index (χ0) is 20.2. The first-order valence-corrected chi connectivity index (χ1v) is 10.6. The molecule has 0 bridgehead atoms. The van der Waals surface area contributed by atoms with Gasteiger partial charge < -0.3 is 9.26 Å². The van der Waals surface area contributed by atoms with Gasteiger partial charge in [0, 0.05) is 31.2 Å². The summed E-state index contributed by atoms with van der Waals surface area (Å²) >= 11 is 7.93. The third-order valence-corrected chi connectivity index (χ3v) is 6.17. The molecule has 9 heteroatoms. The van der Waals surface area contributed by atoms with Crippen LogP contribution in [-0.2, 0) is 16.1 Å². The summed E-state index contributed by atoms with van der Waals surface area (Å²) in [5.41, 5.74) is 0.770. The van der Waals surface area contributed by atoms with E-state index < -0.39 is 6.04 Å². The van der Waals surface area contributed by atoms with Gasteiger partial charge in [-0.1, -0.05) is 41.0 Å². The Morgan fingerprint density at radius 1 is 1.24 bits per heavy atom. The van der Waals surface area contributed by atoms with Gasteiger partial charge in [0.2, 0.25) is 11.7 Å². The highest BCUT2D eigenvalue weighted by Gasteiger charge is 2.32. The fraction of sp³-hybridized carbons (Fsp3) is 0.350. The Kier molecular flexibility index (Phi) is 6.25. The summed E-state index contributed by atoms with van der Waals surface area (Å²) in [6.45, 7) is 3.54. The van der Waals surface area contributed by atoms with Gasteiger partial charge in [0.1, 0.15) is 6.04 Å². The van der Waals surface area contributed by atoms with E-state index >= 15 is 0 Å². The number of hydrogen-bond donors (Lipinski definition) is 0. The summed E-state index contributed by atoms with van der Waals surface area (Å²) in [4.78, 5) is 22.3. The van der Waals surface area contributed by atoms with Crippen LogP contribution in [0.4, 0.5) is 0 Å². The third-order valence-electron chi connectivity index (χ3n) is 4.96. The van der Waals surface area contributed by atoms with Crippen molar-refractivity contribution in [3.63, 3.8) is 0 Å². The van der Waals surface area contributed by atoms with Crippen LogP contribution in [0.5, 0.6) is 0 Å². The number of esters is 1. The van der Waals surface area contributed by atoms with Crippen molar-refractivity contribution in [3.8, 4) is 10.7 Å². The maximum atomic E-state index is 12.5. The average molecular weight is 433 g/mol. The number of carbonyl (C=O) groups is 1. The lowest BCUT2D eigenvalue weighted by molar-refractivity contribution is -0.148. The van der Waals surface area contributed by atoms with Crippen molar-refractivity contribution < 1.29 is 14.1 Å². The lowest BCUT2D eigenvalue weighted by atomic mass is 10.0. The Hall–Kier alpha value is -2.26. The molecule has 1 atom stereocenters. The van der Waals surface area contributed by atoms with Gasteiger partial charge in [-0.15, -0.1) is 11.3 Å². The third kappa shape index (κ3) is 4.51. The molecule has 0 spiro atoms. The van der Waals surface area contributed by atoms with Gasteiger partial charge in [-0.25, -0.2) is 4.79 Å². The van der Waals surface area contributed by atoms with Crippen LogP contribution in [0.15, 0.2) is 46.3 Å². The number of piperazine rings is 1. The summed E-state index contributed by atoms with van der Waals surface area (Å²) in [6, 6.07) is 10.8. The van der Waals surface area contributed by atoms with Gasteiger partial charge >= 0.3 is 5.97 Å². The van der Waals surface area contributed by atoms with E-state index in [1.807, 2.05) is 35.7 Å². The molecular formula is C20H21ClN4O3S. The molecule has 7 nitrogen and oxygen atoms in total. The first-order chi connectivity index (χ1) is 14.2. The lowest BCUT2D eigenvalue weighted by Gasteiger charge is -2.37. The predicted octanol–water partition coefficient (Wildman–Crippen LogP) is 3.48. The van der Waals surface area contributed by atoms with Crippen molar-refractivity contribution in [1.29, 1.82) is 0 Å². The highest BCUT2D eigenvalue weighted by Crippen LogP contribution is 2.29. The van der Waals surface area contributed by atoms with E-state index in [1.54, 1.807) is 17.4 Å². The van der Waals surface area contributed by atoms with E-state index in [2.05, 4.69) is 19.9 Å². The molecule has 1 aliphatic heterocycles. The molecule has 3 heterocycles. The molecule has 0 aliphatic carbocycles. The van der Waals surface area contributed by atoms with Gasteiger partial charge in [0.05, 0.1) is 18.5 Å². The van der Waals surface area contributed by atoms with E-state index in [4.69, 9.17) is 20.9 Å². The smallest absolute Gasteiger partial charge is 0.327 e. The van der Waals surface area contributed by atoms with Crippen LogP contribution in [0.2, 0.25) is 5.02 Å². The highest BCUT2D eigenvalue weighted by molar-refractivity contribution is 7.13. The molecule has 4 rings (SSSR count). The van der Waals surface area contributed by atoms with E-state index in [0.717, 1.165) is 23.5 Å². The van der Waals surface area contributed by atoms with Crippen molar-refractivity contribution in [2.24, 2.45) is 0 Å². The summed E-state index contributed by atoms with van der Waals surface area (Å²) in [5, 5.41) is 6.62. The number of methoxy groups -OCH3 is 1. The minimum Gasteiger partial charge on any atom is -0.468 e. The second-order valence-corrected chi connectivity index (χ2v) is 8.10. The molecule has 0 unspecified atom stereocenters. The average Bonchev–Trinajstić information content (AvgIpc) is 3.42. The van der Waals surface area contributed by atoms with Crippen LogP contribution in [0.1, 0.15) is 17.5 Å². The molecule has 3 aromatic rings. The monoisotopic (exact) mass is 432 g/mol. The fourth-order valence-electron chi connectivity index (χ4n) is 3.48. The molecule has 1 fully saturated rings. The van der Waals surface area contributed by atoms with Crippen LogP contribution in [0.3, 0.4) is 0 Å². The van der Waals surface area contributed by atoms with Crippen LogP contribution in [0.25, 0.3) is 10.7 Å². The van der Waals surface area contributed by atoms with E-state index in [-0.39, 0.29) is 5.97 Å². The molecule has 1 aliphatic rings. The topological polar surface area (TPSA) is 71.7 Å². The Morgan fingerprint density at radius 3 is 2.72 bits per heavy atom. The number of carbonyl (C=O) groups excluding carboxylic acids is 1. The standard InChI is InChI=1S/C20H21ClN4O3S/c1-27-20(26)18(14-5-2-3-6-15(14)21)25-10-8-24(9-11-25)13-17-22-19(23-28-17)16-7-4-12-29-16/h2-7,12,18H,8-11,13H2,1H3/t18-/m0/s1. The van der Waals surface area contributed by atoms with Crippen molar-refractivity contribution in [1.82, 2.24) is 19.9 Å². The van der Waals surface area contributed by atoms with Crippen molar-refractivity contribution in [3.05, 3.63) is 58.3 Å². The largest absolute Gasteiger partial charge is 0.468 e. The molecule has 1 aromatic carbocycles. The number of ether oxygens (including phenoxy) is 1. The summed E-state index contributed by atoms with van der Waals surface area (Å²) in [5.74, 6) is 0.916. The minimum absolute atomic E-state index is 0.302. The molecule has 0 N–H and O–H groups in total. The first-order valence-electron chi connectivity index (χ1n) is 9.31. The normalized spacial score (nSPS) is 16.6. The zero-order valence-corrected chi connectivity index (χ0v) is 17.5. The van der Waals surface area contributed by atoms with Gasteiger partial charge in [0.25, 0.3) is 0 Å². The molecule has 1 saturated heterocycles. The van der Waals surface area contributed by atoms with E-state index in [0.29, 0.717) is 36.4 Å². The number of halogens is 1. The van der Waals surface area contributed by atoms with Gasteiger partial charge in [0.15, 0.2) is 0 Å². The van der Waals surface area contributed by atoms with Gasteiger partial charge in [-0.2, -0.15) is 4.98 Å². The Balaban J connectivity index is 1.40. The number of nitrogens with zero attached hydrogens (tertiary/aromatic N) is 4. The number of rotatable bonds is 6. The minimum atomic E-state index is -0.510. The van der Waals surface area contributed by atoms with Crippen LogP contribution < -0.4 is 0 Å². The van der Waals surface area contributed by atoms with E-state index in [9.17, 15) is 4.79 Å². The molecule has 0 saturated carbocycles. The molecule has 0 radical (unpaired) electrons. The Morgan fingerprint density at radius 2 is 2.03 bits per heavy atom. The quantitative estimate of drug-likeness (QED) is 0.552. The molecule has 2 aromatic heterocycles. The van der Waals surface area contributed by atoms with Crippen LogP contribution in [0, 0.1) is 0 Å². The Labute approximate surface area is 177 Å².